The van der Waals surface area contributed by atoms with E-state index in [0.29, 0.717) is 0 Å². The van der Waals surface area contributed by atoms with Gasteiger partial charge in [-0.05, 0) is 46.8 Å². The van der Waals surface area contributed by atoms with Gasteiger partial charge in [0.15, 0.2) is 0 Å². The lowest BCUT2D eigenvalue weighted by atomic mass is 9.80. The summed E-state index contributed by atoms with van der Waals surface area (Å²) in [6.07, 6.45) is 3.99. The van der Waals surface area contributed by atoms with Crippen molar-refractivity contribution in [3.8, 4) is 0 Å². The molecule has 1 fully saturated rings. The van der Waals surface area contributed by atoms with E-state index >= 15 is 0 Å². The monoisotopic (exact) mass is 174 g/mol. The normalized spacial score (nSPS) is 17.5. The first kappa shape index (κ1) is 7.06. The molecule has 0 aliphatic heterocycles. The minimum atomic E-state index is 0.751. The van der Waals surface area contributed by atoms with Gasteiger partial charge < -0.3 is 0 Å². The van der Waals surface area contributed by atoms with E-state index in [1.165, 1.54) is 24.8 Å². The number of aromatic nitrogens is 2. The number of nitrogens with zero attached hydrogens (tertiary/aromatic N) is 2. The molecule has 13 heavy (non-hydrogen) atoms. The van der Waals surface area contributed by atoms with E-state index in [2.05, 4.69) is 27.1 Å². The summed E-state index contributed by atoms with van der Waals surface area (Å²) in [4.78, 5) is 0. The Morgan fingerprint density at radius 2 is 2.00 bits per heavy atom. The highest BCUT2D eigenvalue weighted by Crippen LogP contribution is 2.36. The van der Waals surface area contributed by atoms with Gasteiger partial charge in [-0.2, -0.15) is 0 Å². The molecule has 3 rings (SSSR count). The summed E-state index contributed by atoms with van der Waals surface area (Å²) in [5, 5.41) is 7.61. The zero-order valence-corrected chi connectivity index (χ0v) is 7.23. The lowest BCUT2D eigenvalue weighted by Gasteiger charge is -2.25. The molecule has 0 atom stereocenters. The summed E-state index contributed by atoms with van der Waals surface area (Å²) < 4.78 is 4.65. The van der Waals surface area contributed by atoms with E-state index in [-0.39, 0.29) is 0 Å². The van der Waals surface area contributed by atoms with E-state index in [1.54, 1.807) is 0 Å². The fourth-order valence-corrected chi connectivity index (χ4v) is 1.79. The molecule has 1 aromatic heterocycles. The molecule has 2 aromatic rings. The lowest BCUT2D eigenvalue weighted by molar-refractivity contribution is 0.315. The van der Waals surface area contributed by atoms with Crippen molar-refractivity contribution in [2.45, 2.75) is 25.2 Å². The lowest BCUT2D eigenvalue weighted by Crippen LogP contribution is -2.08. The van der Waals surface area contributed by atoms with E-state index in [1.807, 2.05) is 6.07 Å². The van der Waals surface area contributed by atoms with Gasteiger partial charge in [-0.3, -0.25) is 0 Å². The predicted octanol–water partition coefficient (Wildman–Crippen LogP) is 2.49. The zero-order chi connectivity index (χ0) is 8.67. The Balaban J connectivity index is 2.09. The molecule has 3 nitrogen and oxygen atoms in total. The molecule has 66 valence electrons. The van der Waals surface area contributed by atoms with Crippen LogP contribution in [0.25, 0.3) is 11.0 Å². The summed E-state index contributed by atoms with van der Waals surface area (Å²) >= 11 is 0. The second kappa shape index (κ2) is 2.55. The zero-order valence-electron chi connectivity index (χ0n) is 7.23. The molecule has 0 saturated heterocycles. The van der Waals surface area contributed by atoms with Crippen molar-refractivity contribution in [2.24, 2.45) is 0 Å². The summed E-state index contributed by atoms with van der Waals surface area (Å²) in [6.45, 7) is 0. The van der Waals surface area contributed by atoms with Crippen LogP contribution in [0.1, 0.15) is 30.7 Å². The molecule has 0 unspecified atom stereocenters. The fraction of sp³-hybridized carbons (Fsp3) is 0.400. The van der Waals surface area contributed by atoms with Crippen molar-refractivity contribution in [1.82, 2.24) is 10.3 Å². The van der Waals surface area contributed by atoms with Crippen molar-refractivity contribution in [1.29, 1.82) is 0 Å². The van der Waals surface area contributed by atoms with E-state index in [4.69, 9.17) is 0 Å². The van der Waals surface area contributed by atoms with Crippen molar-refractivity contribution in [3.63, 3.8) is 0 Å². The summed E-state index contributed by atoms with van der Waals surface area (Å²) in [6, 6.07) is 6.21. The van der Waals surface area contributed by atoms with Crippen molar-refractivity contribution >= 4 is 11.0 Å². The van der Waals surface area contributed by atoms with E-state index in [9.17, 15) is 0 Å². The van der Waals surface area contributed by atoms with Gasteiger partial charge in [-0.25, -0.2) is 4.63 Å². The predicted molar refractivity (Wildman–Crippen MR) is 48.4 cm³/mol. The van der Waals surface area contributed by atoms with Crippen LogP contribution in [0.4, 0.5) is 0 Å². The number of benzene rings is 1. The highest BCUT2D eigenvalue weighted by atomic mass is 16.6. The van der Waals surface area contributed by atoms with Gasteiger partial charge in [-0.1, -0.05) is 12.5 Å². The van der Waals surface area contributed by atoms with Crippen LogP contribution < -0.4 is 0 Å². The molecule has 0 spiro atoms. The first-order chi connectivity index (χ1) is 6.43. The number of hydrogen-bond acceptors (Lipinski definition) is 3. The van der Waals surface area contributed by atoms with Crippen LogP contribution in [0, 0.1) is 0 Å². The van der Waals surface area contributed by atoms with E-state index in [0.717, 1.165) is 17.0 Å². The van der Waals surface area contributed by atoms with Crippen LogP contribution in [0.15, 0.2) is 22.8 Å². The Labute approximate surface area is 75.7 Å². The van der Waals surface area contributed by atoms with Crippen LogP contribution in [-0.4, -0.2) is 10.3 Å². The van der Waals surface area contributed by atoms with Gasteiger partial charge in [0.25, 0.3) is 0 Å². The molecular formula is C10H10N2O. The van der Waals surface area contributed by atoms with Gasteiger partial charge in [0, 0.05) is 0 Å². The van der Waals surface area contributed by atoms with Gasteiger partial charge >= 0.3 is 0 Å². The van der Waals surface area contributed by atoms with Crippen LogP contribution >= 0.6 is 0 Å². The molecule has 1 aliphatic rings. The number of hydrogen-bond donors (Lipinski definition) is 0. The average Bonchev–Trinajstić information content (AvgIpc) is 2.47. The molecule has 0 amide bonds. The number of rotatable bonds is 1. The second-order valence-electron chi connectivity index (χ2n) is 3.64. The van der Waals surface area contributed by atoms with Gasteiger partial charge in [-0.15, -0.1) is 0 Å². The molecule has 1 aromatic carbocycles. The Morgan fingerprint density at radius 3 is 2.77 bits per heavy atom. The van der Waals surface area contributed by atoms with Gasteiger partial charge in [0.1, 0.15) is 11.0 Å². The SMILES string of the molecule is c1cc2nonc2cc1C1CCC1. The first-order valence-corrected chi connectivity index (χ1v) is 4.66. The van der Waals surface area contributed by atoms with Gasteiger partial charge in [0.2, 0.25) is 0 Å². The van der Waals surface area contributed by atoms with Crippen LogP contribution in [0.5, 0.6) is 0 Å². The topological polar surface area (TPSA) is 38.9 Å². The Kier molecular flexibility index (Phi) is 1.39. The second-order valence-corrected chi connectivity index (χ2v) is 3.64. The Hall–Kier alpha value is -1.38. The van der Waals surface area contributed by atoms with Crippen LogP contribution in [0.2, 0.25) is 0 Å². The largest absolute Gasteiger partial charge is 0.243 e. The van der Waals surface area contributed by atoms with Crippen molar-refractivity contribution in [2.75, 3.05) is 0 Å². The third kappa shape index (κ3) is 1.03. The molecule has 1 heterocycles. The maximum absolute atomic E-state index is 4.65. The molecule has 3 heteroatoms. The third-order valence-corrected chi connectivity index (χ3v) is 2.85. The minimum absolute atomic E-state index is 0.751. The van der Waals surface area contributed by atoms with Crippen molar-refractivity contribution in [3.05, 3.63) is 23.8 Å². The average molecular weight is 174 g/mol. The first-order valence-electron chi connectivity index (χ1n) is 4.66. The minimum Gasteiger partial charge on any atom is -0.243 e. The smallest absolute Gasteiger partial charge is 0.135 e. The fourth-order valence-electron chi connectivity index (χ4n) is 1.79. The highest BCUT2D eigenvalue weighted by molar-refractivity contribution is 5.73. The summed E-state index contributed by atoms with van der Waals surface area (Å²) in [5.74, 6) is 0.751. The highest BCUT2D eigenvalue weighted by Gasteiger charge is 2.19. The van der Waals surface area contributed by atoms with Crippen molar-refractivity contribution < 1.29 is 4.63 Å². The van der Waals surface area contributed by atoms with Crippen LogP contribution in [-0.2, 0) is 0 Å². The molecule has 0 bridgehead atoms. The third-order valence-electron chi connectivity index (χ3n) is 2.85. The van der Waals surface area contributed by atoms with E-state index < -0.39 is 0 Å². The molecule has 0 N–H and O–H groups in total. The molecule has 1 aliphatic carbocycles. The van der Waals surface area contributed by atoms with Crippen LogP contribution in [0.3, 0.4) is 0 Å². The molecular weight excluding hydrogens is 164 g/mol. The molecule has 1 saturated carbocycles. The number of fused-ring (bicyclic) bond motifs is 1. The maximum atomic E-state index is 4.65. The van der Waals surface area contributed by atoms with Gasteiger partial charge in [0.05, 0.1) is 0 Å². The quantitative estimate of drug-likeness (QED) is 0.666. The molecule has 0 radical (unpaired) electrons. The maximum Gasteiger partial charge on any atom is 0.135 e. The Bertz CT molecular complexity index is 431. The summed E-state index contributed by atoms with van der Waals surface area (Å²) in [5.41, 5.74) is 3.11. The summed E-state index contributed by atoms with van der Waals surface area (Å²) in [7, 11) is 0. The standard InChI is InChI=1S/C10H10N2O/c1-2-7(3-1)8-4-5-9-10(6-8)12-13-11-9/h4-7H,1-3H2. The Morgan fingerprint density at radius 1 is 1.15 bits per heavy atom.